The molecule has 0 saturated carbocycles. The Labute approximate surface area is 211 Å². The molecule has 0 fully saturated rings. The highest BCUT2D eigenvalue weighted by Gasteiger charge is 2.12. The largest absolute Gasteiger partial charge is 0.497 e. The topological polar surface area (TPSA) is 69.2 Å². The molecule has 4 rings (SSSR count). The Kier molecular flexibility index (Phi) is 7.64. The Hall–Kier alpha value is -3.59. The number of hydrazone groups is 1. The van der Waals surface area contributed by atoms with Gasteiger partial charge in [0.15, 0.2) is 11.5 Å². The molecule has 0 spiro atoms. The molecule has 6 nitrogen and oxygen atoms in total. The van der Waals surface area contributed by atoms with Gasteiger partial charge in [0.2, 0.25) is 0 Å². The van der Waals surface area contributed by atoms with Gasteiger partial charge in [-0.25, -0.2) is 5.43 Å². The molecule has 0 aliphatic heterocycles. The molecule has 0 radical (unpaired) electrons. The maximum absolute atomic E-state index is 12.3. The predicted octanol–water partition coefficient (Wildman–Crippen LogP) is 5.80. The first kappa shape index (κ1) is 23.6. The van der Waals surface area contributed by atoms with E-state index in [4.69, 9.17) is 14.2 Å². The van der Waals surface area contributed by atoms with Crippen molar-refractivity contribution in [2.45, 2.75) is 6.61 Å². The first-order valence-electron chi connectivity index (χ1n) is 10.5. The molecule has 0 aliphatic rings. The van der Waals surface area contributed by atoms with Crippen LogP contribution in [0.4, 0.5) is 0 Å². The summed E-state index contributed by atoms with van der Waals surface area (Å²) in [5, 5.41) is 6.42. The predicted molar refractivity (Wildman–Crippen MR) is 142 cm³/mol. The summed E-state index contributed by atoms with van der Waals surface area (Å²) in [6.45, 7) is 0.416. The number of carbonyl (C=O) groups is 1. The number of hydrogen-bond acceptors (Lipinski definition) is 5. The highest BCUT2D eigenvalue weighted by atomic mass is 127. The molecule has 4 aromatic rings. The van der Waals surface area contributed by atoms with Crippen molar-refractivity contribution in [3.05, 3.63) is 99.1 Å². The maximum atomic E-state index is 12.3. The highest BCUT2D eigenvalue weighted by Crippen LogP contribution is 2.34. The number of benzene rings is 4. The zero-order chi connectivity index (χ0) is 23.9. The monoisotopic (exact) mass is 566 g/mol. The van der Waals surface area contributed by atoms with Gasteiger partial charge in [0.1, 0.15) is 12.4 Å². The first-order chi connectivity index (χ1) is 16.6. The van der Waals surface area contributed by atoms with Gasteiger partial charge in [0.25, 0.3) is 5.91 Å². The zero-order valence-electron chi connectivity index (χ0n) is 18.7. The Bertz CT molecular complexity index is 1330. The molecule has 172 valence electrons. The lowest BCUT2D eigenvalue weighted by atomic mass is 10.1. The Balaban J connectivity index is 1.46. The number of ether oxygens (including phenoxy) is 3. The number of nitrogens with one attached hydrogen (secondary N) is 1. The summed E-state index contributed by atoms with van der Waals surface area (Å²) < 4.78 is 17.7. The van der Waals surface area contributed by atoms with E-state index in [2.05, 4.69) is 57.4 Å². The maximum Gasteiger partial charge on any atom is 0.271 e. The second kappa shape index (κ2) is 11.0. The molecule has 0 atom stereocenters. The fourth-order valence-corrected chi connectivity index (χ4v) is 4.28. The minimum atomic E-state index is -0.310. The molecule has 1 N–H and O–H groups in total. The third-order valence-electron chi connectivity index (χ3n) is 5.24. The second-order valence-electron chi connectivity index (χ2n) is 7.39. The van der Waals surface area contributed by atoms with Gasteiger partial charge in [-0.05, 0) is 80.9 Å². The molecule has 0 aliphatic carbocycles. The van der Waals surface area contributed by atoms with Crippen molar-refractivity contribution in [3.63, 3.8) is 0 Å². The van der Waals surface area contributed by atoms with Crippen molar-refractivity contribution in [2.24, 2.45) is 5.10 Å². The van der Waals surface area contributed by atoms with Crippen molar-refractivity contribution >= 4 is 45.5 Å². The number of rotatable bonds is 8. The van der Waals surface area contributed by atoms with Gasteiger partial charge >= 0.3 is 0 Å². The van der Waals surface area contributed by atoms with E-state index in [1.165, 1.54) is 5.39 Å². The van der Waals surface area contributed by atoms with E-state index in [-0.39, 0.29) is 5.91 Å². The van der Waals surface area contributed by atoms with Crippen LogP contribution in [0, 0.1) is 3.57 Å². The summed E-state index contributed by atoms with van der Waals surface area (Å²) in [5.41, 5.74) is 4.90. The van der Waals surface area contributed by atoms with Gasteiger partial charge in [-0.2, -0.15) is 5.10 Å². The molecule has 0 aromatic heterocycles. The van der Waals surface area contributed by atoms with E-state index in [1.807, 2.05) is 30.3 Å². The van der Waals surface area contributed by atoms with Gasteiger partial charge < -0.3 is 14.2 Å². The van der Waals surface area contributed by atoms with Crippen LogP contribution in [0.5, 0.6) is 17.2 Å². The Morgan fingerprint density at radius 2 is 1.74 bits per heavy atom. The van der Waals surface area contributed by atoms with Crippen LogP contribution in [0.1, 0.15) is 21.5 Å². The van der Waals surface area contributed by atoms with E-state index in [0.29, 0.717) is 29.4 Å². The first-order valence-corrected chi connectivity index (χ1v) is 11.6. The number of nitrogens with zero attached hydrogens (tertiary/aromatic N) is 1. The van der Waals surface area contributed by atoms with Crippen LogP contribution in [0.3, 0.4) is 0 Å². The molecule has 4 aromatic carbocycles. The Morgan fingerprint density at radius 3 is 2.50 bits per heavy atom. The summed E-state index contributed by atoms with van der Waals surface area (Å²) in [4.78, 5) is 12.3. The average molecular weight is 566 g/mol. The SMILES string of the molecule is COc1ccc(C(=O)N/N=C\c2cc(I)c(OCc3cccc4ccccc34)c(OC)c2)cc1. The molecule has 1 amide bonds. The van der Waals surface area contributed by atoms with Crippen molar-refractivity contribution in [1.82, 2.24) is 5.43 Å². The number of carbonyl (C=O) groups excluding carboxylic acids is 1. The van der Waals surface area contributed by atoms with E-state index < -0.39 is 0 Å². The standard InChI is InChI=1S/C27H23IN2O4/c1-32-22-12-10-20(11-13-22)27(31)30-29-16-18-14-24(28)26(25(15-18)33-2)34-17-21-8-5-7-19-6-3-4-9-23(19)21/h3-16H,17H2,1-2H3,(H,30,31)/b29-16-. The molecule has 0 unspecified atom stereocenters. The van der Waals surface area contributed by atoms with Crippen LogP contribution < -0.4 is 19.6 Å². The highest BCUT2D eigenvalue weighted by molar-refractivity contribution is 14.1. The van der Waals surface area contributed by atoms with E-state index in [9.17, 15) is 4.79 Å². The lowest BCUT2D eigenvalue weighted by Crippen LogP contribution is -2.17. The third kappa shape index (κ3) is 5.48. The molecule has 0 saturated heterocycles. The number of methoxy groups -OCH3 is 2. The minimum absolute atomic E-state index is 0.310. The summed E-state index contributed by atoms with van der Waals surface area (Å²) in [7, 11) is 3.18. The van der Waals surface area contributed by atoms with Crippen LogP contribution in [0.15, 0.2) is 84.0 Å². The fourth-order valence-electron chi connectivity index (χ4n) is 3.50. The van der Waals surface area contributed by atoms with Crippen LogP contribution in [-0.2, 0) is 6.61 Å². The molecule has 0 heterocycles. The van der Waals surface area contributed by atoms with E-state index in [1.54, 1.807) is 44.7 Å². The summed E-state index contributed by atoms with van der Waals surface area (Å²) in [6, 6.07) is 25.0. The van der Waals surface area contributed by atoms with Gasteiger partial charge in [-0.1, -0.05) is 42.5 Å². The smallest absolute Gasteiger partial charge is 0.271 e. The van der Waals surface area contributed by atoms with Crippen LogP contribution in [-0.4, -0.2) is 26.3 Å². The average Bonchev–Trinajstić information content (AvgIpc) is 2.87. The van der Waals surface area contributed by atoms with Crippen molar-refractivity contribution in [2.75, 3.05) is 14.2 Å². The van der Waals surface area contributed by atoms with E-state index in [0.717, 1.165) is 20.1 Å². The molecule has 7 heteroatoms. The van der Waals surface area contributed by atoms with Crippen LogP contribution in [0.2, 0.25) is 0 Å². The minimum Gasteiger partial charge on any atom is -0.497 e. The van der Waals surface area contributed by atoms with Gasteiger partial charge in [0.05, 0.1) is 24.0 Å². The van der Waals surface area contributed by atoms with E-state index >= 15 is 0 Å². The number of fused-ring (bicyclic) bond motifs is 1. The van der Waals surface area contributed by atoms with Crippen molar-refractivity contribution in [3.8, 4) is 17.2 Å². The second-order valence-corrected chi connectivity index (χ2v) is 8.55. The Morgan fingerprint density at radius 1 is 0.971 bits per heavy atom. The molecular weight excluding hydrogens is 543 g/mol. The zero-order valence-corrected chi connectivity index (χ0v) is 20.9. The number of amides is 1. The lowest BCUT2D eigenvalue weighted by Gasteiger charge is -2.14. The van der Waals surface area contributed by atoms with Crippen molar-refractivity contribution in [1.29, 1.82) is 0 Å². The lowest BCUT2D eigenvalue weighted by molar-refractivity contribution is 0.0955. The van der Waals surface area contributed by atoms with Crippen LogP contribution >= 0.6 is 22.6 Å². The quantitative estimate of drug-likeness (QED) is 0.166. The fraction of sp³-hybridized carbons (Fsp3) is 0.111. The molecule has 34 heavy (non-hydrogen) atoms. The normalized spacial score (nSPS) is 10.9. The summed E-state index contributed by atoms with van der Waals surface area (Å²) >= 11 is 2.21. The molecule has 0 bridgehead atoms. The number of halogens is 1. The summed E-state index contributed by atoms with van der Waals surface area (Å²) in [6.07, 6.45) is 1.57. The van der Waals surface area contributed by atoms with Gasteiger partial charge in [-0.15, -0.1) is 0 Å². The van der Waals surface area contributed by atoms with Crippen molar-refractivity contribution < 1.29 is 19.0 Å². The van der Waals surface area contributed by atoms with Gasteiger partial charge in [0, 0.05) is 5.56 Å². The summed E-state index contributed by atoms with van der Waals surface area (Å²) in [5.74, 6) is 1.63. The third-order valence-corrected chi connectivity index (χ3v) is 6.04. The number of hydrogen-bond donors (Lipinski definition) is 1. The molecular formula is C27H23IN2O4. The van der Waals surface area contributed by atoms with Gasteiger partial charge in [-0.3, -0.25) is 4.79 Å². The van der Waals surface area contributed by atoms with Crippen LogP contribution in [0.25, 0.3) is 10.8 Å².